The number of hydrogen-bond donors (Lipinski definition) is 1. The highest BCUT2D eigenvalue weighted by molar-refractivity contribution is 7.98. The number of thioether (sulfide) groups is 1. The molecular formula is C16H22FNOS. The summed E-state index contributed by atoms with van der Waals surface area (Å²) in [6.45, 7) is 7.26. The minimum atomic E-state index is -0.218. The van der Waals surface area contributed by atoms with Gasteiger partial charge in [-0.15, -0.1) is 0 Å². The van der Waals surface area contributed by atoms with Gasteiger partial charge < -0.3 is 10.0 Å². The minimum absolute atomic E-state index is 0.204. The second kappa shape index (κ2) is 9.82. The SMILES string of the molecule is CCN(CC)CCSCc1ccc(C#CCO)cc1F. The number of hydrogen-bond acceptors (Lipinski definition) is 3. The van der Waals surface area contributed by atoms with Gasteiger partial charge in [0.05, 0.1) is 0 Å². The second-order valence-corrected chi connectivity index (χ2v) is 5.45. The highest BCUT2D eigenvalue weighted by Gasteiger charge is 2.04. The molecule has 0 fully saturated rings. The third-order valence-electron chi connectivity index (χ3n) is 3.07. The summed E-state index contributed by atoms with van der Waals surface area (Å²) in [5.41, 5.74) is 1.32. The van der Waals surface area contributed by atoms with Crippen molar-refractivity contribution in [3.8, 4) is 11.8 Å². The quantitative estimate of drug-likeness (QED) is 0.618. The molecule has 0 amide bonds. The Labute approximate surface area is 125 Å². The molecule has 4 heteroatoms. The van der Waals surface area contributed by atoms with Crippen LogP contribution in [0.2, 0.25) is 0 Å². The summed E-state index contributed by atoms with van der Waals surface area (Å²) in [4.78, 5) is 2.36. The zero-order valence-corrected chi connectivity index (χ0v) is 13.0. The number of benzene rings is 1. The average Bonchev–Trinajstić information content (AvgIpc) is 2.47. The summed E-state index contributed by atoms with van der Waals surface area (Å²) < 4.78 is 13.8. The van der Waals surface area contributed by atoms with Gasteiger partial charge in [-0.1, -0.05) is 31.8 Å². The summed E-state index contributed by atoms with van der Waals surface area (Å²) >= 11 is 1.75. The highest BCUT2D eigenvalue weighted by Crippen LogP contribution is 2.17. The Balaban J connectivity index is 2.44. The molecule has 1 rings (SSSR count). The van der Waals surface area contributed by atoms with Crippen molar-refractivity contribution < 1.29 is 9.50 Å². The van der Waals surface area contributed by atoms with E-state index in [1.807, 2.05) is 0 Å². The molecule has 20 heavy (non-hydrogen) atoms. The first-order valence-corrected chi connectivity index (χ1v) is 8.05. The molecule has 2 nitrogen and oxygen atoms in total. The molecule has 0 aliphatic rings. The van der Waals surface area contributed by atoms with Crippen LogP contribution in [0.25, 0.3) is 0 Å². The molecule has 0 atom stereocenters. The minimum Gasteiger partial charge on any atom is -0.384 e. The zero-order chi connectivity index (χ0) is 14.8. The van der Waals surface area contributed by atoms with Crippen molar-refractivity contribution in [2.75, 3.05) is 32.0 Å². The standard InChI is InChI=1S/C16H22FNOS/c1-3-18(4-2)9-11-20-13-15-8-7-14(6-5-10-19)12-16(15)17/h7-8,12,19H,3-4,9-11,13H2,1-2H3. The molecule has 0 saturated heterocycles. The molecule has 0 aliphatic heterocycles. The molecule has 0 spiro atoms. The van der Waals surface area contributed by atoms with Crippen LogP contribution in [0, 0.1) is 17.7 Å². The Kier molecular flexibility index (Phi) is 8.36. The van der Waals surface area contributed by atoms with Crippen LogP contribution in [-0.4, -0.2) is 42.0 Å². The van der Waals surface area contributed by atoms with Crippen molar-refractivity contribution in [2.45, 2.75) is 19.6 Å². The summed E-state index contributed by atoms with van der Waals surface area (Å²) in [5, 5.41) is 8.61. The Morgan fingerprint density at radius 1 is 1.30 bits per heavy atom. The van der Waals surface area contributed by atoms with E-state index in [9.17, 15) is 4.39 Å². The van der Waals surface area contributed by atoms with Gasteiger partial charge in [0.15, 0.2) is 0 Å². The molecule has 0 aromatic heterocycles. The van der Waals surface area contributed by atoms with Crippen molar-refractivity contribution in [2.24, 2.45) is 0 Å². The first-order valence-electron chi connectivity index (χ1n) is 6.89. The predicted molar refractivity (Wildman–Crippen MR) is 84.3 cm³/mol. The van der Waals surface area contributed by atoms with Gasteiger partial charge in [-0.25, -0.2) is 4.39 Å². The van der Waals surface area contributed by atoms with Crippen LogP contribution in [0.5, 0.6) is 0 Å². The molecular weight excluding hydrogens is 273 g/mol. The van der Waals surface area contributed by atoms with Crippen LogP contribution >= 0.6 is 11.8 Å². The molecule has 1 aromatic rings. The zero-order valence-electron chi connectivity index (χ0n) is 12.2. The van der Waals surface area contributed by atoms with Gasteiger partial charge in [-0.3, -0.25) is 0 Å². The van der Waals surface area contributed by atoms with Crippen LogP contribution < -0.4 is 0 Å². The molecule has 1 aromatic carbocycles. The van der Waals surface area contributed by atoms with E-state index in [0.717, 1.165) is 25.4 Å². The van der Waals surface area contributed by atoms with E-state index in [1.165, 1.54) is 6.07 Å². The molecule has 0 aliphatic carbocycles. The van der Waals surface area contributed by atoms with Gasteiger partial charge in [0, 0.05) is 23.6 Å². The maximum Gasteiger partial charge on any atom is 0.128 e. The second-order valence-electron chi connectivity index (χ2n) is 4.35. The lowest BCUT2D eigenvalue weighted by molar-refractivity contribution is 0.324. The maximum absolute atomic E-state index is 13.8. The number of halogens is 1. The fraction of sp³-hybridized carbons (Fsp3) is 0.500. The molecule has 0 bridgehead atoms. The number of nitrogens with zero attached hydrogens (tertiary/aromatic N) is 1. The highest BCUT2D eigenvalue weighted by atomic mass is 32.2. The largest absolute Gasteiger partial charge is 0.384 e. The van der Waals surface area contributed by atoms with E-state index in [-0.39, 0.29) is 12.4 Å². The first kappa shape index (κ1) is 17.0. The van der Waals surface area contributed by atoms with E-state index < -0.39 is 0 Å². The van der Waals surface area contributed by atoms with Crippen LogP contribution in [0.3, 0.4) is 0 Å². The maximum atomic E-state index is 13.8. The third kappa shape index (κ3) is 5.96. The lowest BCUT2D eigenvalue weighted by Crippen LogP contribution is -2.25. The monoisotopic (exact) mass is 295 g/mol. The Morgan fingerprint density at radius 3 is 2.65 bits per heavy atom. The third-order valence-corrected chi connectivity index (χ3v) is 4.06. The van der Waals surface area contributed by atoms with E-state index >= 15 is 0 Å². The first-order chi connectivity index (χ1) is 9.71. The summed E-state index contributed by atoms with van der Waals surface area (Å²) in [7, 11) is 0. The van der Waals surface area contributed by atoms with Crippen molar-refractivity contribution >= 4 is 11.8 Å². The Morgan fingerprint density at radius 2 is 2.05 bits per heavy atom. The number of aliphatic hydroxyl groups is 1. The predicted octanol–water partition coefficient (Wildman–Crippen LogP) is 2.74. The van der Waals surface area contributed by atoms with E-state index in [4.69, 9.17) is 5.11 Å². The van der Waals surface area contributed by atoms with Crippen LogP contribution in [0.1, 0.15) is 25.0 Å². The average molecular weight is 295 g/mol. The summed E-state index contributed by atoms with van der Waals surface area (Å²) in [6.07, 6.45) is 0. The molecule has 0 radical (unpaired) electrons. The number of aliphatic hydroxyl groups excluding tert-OH is 1. The smallest absolute Gasteiger partial charge is 0.128 e. The lowest BCUT2D eigenvalue weighted by Gasteiger charge is -2.17. The molecule has 0 saturated carbocycles. The molecule has 110 valence electrons. The van der Waals surface area contributed by atoms with Gasteiger partial charge in [-0.2, -0.15) is 11.8 Å². The van der Waals surface area contributed by atoms with Crippen LogP contribution in [0.15, 0.2) is 18.2 Å². The van der Waals surface area contributed by atoms with E-state index in [2.05, 4.69) is 30.6 Å². The molecule has 1 N–H and O–H groups in total. The summed E-state index contributed by atoms with van der Waals surface area (Å²) in [5.74, 6) is 6.69. The fourth-order valence-electron chi connectivity index (χ4n) is 1.80. The van der Waals surface area contributed by atoms with Crippen molar-refractivity contribution in [3.05, 3.63) is 35.1 Å². The van der Waals surface area contributed by atoms with Crippen molar-refractivity contribution in [1.82, 2.24) is 4.90 Å². The van der Waals surface area contributed by atoms with Crippen LogP contribution in [-0.2, 0) is 5.75 Å². The topological polar surface area (TPSA) is 23.5 Å². The van der Waals surface area contributed by atoms with Gasteiger partial charge in [0.2, 0.25) is 0 Å². The Bertz CT molecular complexity index is 463. The van der Waals surface area contributed by atoms with Crippen molar-refractivity contribution in [1.29, 1.82) is 0 Å². The van der Waals surface area contributed by atoms with Gasteiger partial charge in [-0.05, 0) is 30.8 Å². The molecule has 0 heterocycles. The molecule has 0 unspecified atom stereocenters. The van der Waals surface area contributed by atoms with E-state index in [0.29, 0.717) is 16.9 Å². The lowest BCUT2D eigenvalue weighted by atomic mass is 10.1. The van der Waals surface area contributed by atoms with Gasteiger partial charge in [0.1, 0.15) is 12.4 Å². The number of rotatable bonds is 7. The van der Waals surface area contributed by atoms with E-state index in [1.54, 1.807) is 23.9 Å². The Hall–Kier alpha value is -1.02. The van der Waals surface area contributed by atoms with Gasteiger partial charge >= 0.3 is 0 Å². The van der Waals surface area contributed by atoms with Gasteiger partial charge in [0.25, 0.3) is 0 Å². The van der Waals surface area contributed by atoms with Crippen LogP contribution in [0.4, 0.5) is 4.39 Å². The van der Waals surface area contributed by atoms with Crippen molar-refractivity contribution in [3.63, 3.8) is 0 Å². The fourth-order valence-corrected chi connectivity index (χ4v) is 2.78. The normalized spacial score (nSPS) is 10.4. The summed E-state index contributed by atoms with van der Waals surface area (Å²) in [6, 6.07) is 5.01.